The zero-order chi connectivity index (χ0) is 18.4. The van der Waals surface area contributed by atoms with Gasteiger partial charge in [0.15, 0.2) is 0 Å². The predicted molar refractivity (Wildman–Crippen MR) is 97.9 cm³/mol. The number of anilines is 1. The third-order valence-electron chi connectivity index (χ3n) is 3.71. The number of benzene rings is 2. The van der Waals surface area contributed by atoms with Gasteiger partial charge in [-0.1, -0.05) is 35.9 Å². The molecule has 1 unspecified atom stereocenters. The second-order valence-electron chi connectivity index (χ2n) is 5.52. The van der Waals surface area contributed by atoms with Crippen LogP contribution in [-0.2, 0) is 4.79 Å². The van der Waals surface area contributed by atoms with Crippen molar-refractivity contribution in [1.82, 2.24) is 5.32 Å². The van der Waals surface area contributed by atoms with Gasteiger partial charge in [0.1, 0.15) is 5.75 Å². The molecule has 132 valence electrons. The number of rotatable bonds is 6. The van der Waals surface area contributed by atoms with Crippen molar-refractivity contribution in [2.75, 3.05) is 12.4 Å². The number of amides is 3. The second kappa shape index (κ2) is 8.39. The van der Waals surface area contributed by atoms with E-state index in [1.165, 1.54) is 7.11 Å². The highest BCUT2D eigenvalue weighted by molar-refractivity contribution is 6.32. The van der Waals surface area contributed by atoms with Gasteiger partial charge in [-0.05, 0) is 36.2 Å². The van der Waals surface area contributed by atoms with Gasteiger partial charge in [-0.3, -0.25) is 4.79 Å². The molecule has 0 aromatic heterocycles. The summed E-state index contributed by atoms with van der Waals surface area (Å²) < 4.78 is 5.08. The molecule has 4 N–H and O–H groups in total. The number of ether oxygens (including phenoxy) is 1. The molecule has 3 amide bonds. The van der Waals surface area contributed by atoms with Crippen molar-refractivity contribution in [2.45, 2.75) is 19.4 Å². The molecular formula is C18H20ClN3O3. The zero-order valence-electron chi connectivity index (χ0n) is 14.0. The number of carbonyl (C=O) groups is 2. The molecular weight excluding hydrogens is 342 g/mol. The molecule has 0 aliphatic carbocycles. The molecule has 2 aromatic carbocycles. The maximum absolute atomic E-state index is 12.4. The molecule has 0 aliphatic rings. The summed E-state index contributed by atoms with van der Waals surface area (Å²) in [6.07, 6.45) is 0.0391. The highest BCUT2D eigenvalue weighted by Gasteiger charge is 2.19. The van der Waals surface area contributed by atoms with E-state index in [1.54, 1.807) is 18.2 Å². The van der Waals surface area contributed by atoms with E-state index in [9.17, 15) is 9.59 Å². The summed E-state index contributed by atoms with van der Waals surface area (Å²) in [6.45, 7) is 1.91. The van der Waals surface area contributed by atoms with Crippen molar-refractivity contribution in [3.05, 3.63) is 58.6 Å². The van der Waals surface area contributed by atoms with Crippen LogP contribution in [-0.4, -0.2) is 19.0 Å². The van der Waals surface area contributed by atoms with Gasteiger partial charge in [-0.25, -0.2) is 4.79 Å². The standard InChI is InChI=1S/C18H20ClN3O3/c1-11-5-3-4-6-13(11)15(22-18(20)24)10-17(23)21-12-7-8-16(25-2)14(19)9-12/h3-9,15H,10H2,1-2H3,(H,21,23)(H3,20,22,24). The summed E-state index contributed by atoms with van der Waals surface area (Å²) in [5, 5.41) is 5.77. The molecule has 6 nitrogen and oxygen atoms in total. The fraction of sp³-hybridized carbons (Fsp3) is 0.222. The Hall–Kier alpha value is -2.73. The van der Waals surface area contributed by atoms with E-state index in [4.69, 9.17) is 22.1 Å². The number of nitrogens with one attached hydrogen (secondary N) is 2. The quantitative estimate of drug-likeness (QED) is 0.736. The van der Waals surface area contributed by atoms with Gasteiger partial charge in [0.05, 0.1) is 24.6 Å². The molecule has 0 fully saturated rings. The van der Waals surface area contributed by atoms with Gasteiger partial charge in [-0.15, -0.1) is 0 Å². The van der Waals surface area contributed by atoms with Crippen molar-refractivity contribution in [3.63, 3.8) is 0 Å². The van der Waals surface area contributed by atoms with Crippen LogP contribution in [0.1, 0.15) is 23.6 Å². The highest BCUT2D eigenvalue weighted by atomic mass is 35.5. The lowest BCUT2D eigenvalue weighted by Crippen LogP contribution is -2.35. The van der Waals surface area contributed by atoms with Crippen molar-refractivity contribution in [2.24, 2.45) is 5.73 Å². The number of aryl methyl sites for hydroxylation is 1. The lowest BCUT2D eigenvalue weighted by atomic mass is 9.98. The lowest BCUT2D eigenvalue weighted by Gasteiger charge is -2.19. The number of urea groups is 1. The average molecular weight is 362 g/mol. The number of primary amides is 1. The monoisotopic (exact) mass is 361 g/mol. The van der Waals surface area contributed by atoms with Crippen LogP contribution >= 0.6 is 11.6 Å². The Morgan fingerprint density at radius 1 is 1.24 bits per heavy atom. The van der Waals surface area contributed by atoms with E-state index in [-0.39, 0.29) is 12.3 Å². The zero-order valence-corrected chi connectivity index (χ0v) is 14.8. The maximum atomic E-state index is 12.4. The molecule has 0 saturated carbocycles. The van der Waals surface area contributed by atoms with Crippen molar-refractivity contribution in [3.8, 4) is 5.75 Å². The SMILES string of the molecule is COc1ccc(NC(=O)CC(NC(N)=O)c2ccccc2C)cc1Cl. The summed E-state index contributed by atoms with van der Waals surface area (Å²) in [5.74, 6) is 0.246. The first kappa shape index (κ1) is 18.6. The number of nitrogens with two attached hydrogens (primary N) is 1. The molecule has 0 spiro atoms. The largest absolute Gasteiger partial charge is 0.495 e. The smallest absolute Gasteiger partial charge is 0.312 e. The van der Waals surface area contributed by atoms with Crippen LogP contribution in [0.3, 0.4) is 0 Å². The van der Waals surface area contributed by atoms with Crippen LogP contribution in [0.5, 0.6) is 5.75 Å². The first-order valence-corrected chi connectivity index (χ1v) is 8.03. The van der Waals surface area contributed by atoms with Gasteiger partial charge in [0.25, 0.3) is 0 Å². The van der Waals surface area contributed by atoms with E-state index < -0.39 is 12.1 Å². The van der Waals surface area contributed by atoms with Crippen molar-refractivity contribution >= 4 is 29.2 Å². The van der Waals surface area contributed by atoms with Crippen LogP contribution < -0.4 is 21.1 Å². The Morgan fingerprint density at radius 2 is 1.96 bits per heavy atom. The minimum absolute atomic E-state index is 0.0391. The maximum Gasteiger partial charge on any atom is 0.312 e. The van der Waals surface area contributed by atoms with Gasteiger partial charge in [0.2, 0.25) is 5.91 Å². The van der Waals surface area contributed by atoms with Crippen LogP contribution in [0.4, 0.5) is 10.5 Å². The van der Waals surface area contributed by atoms with Gasteiger partial charge < -0.3 is 21.1 Å². The third-order valence-corrected chi connectivity index (χ3v) is 4.00. The molecule has 25 heavy (non-hydrogen) atoms. The second-order valence-corrected chi connectivity index (χ2v) is 5.93. The fourth-order valence-corrected chi connectivity index (χ4v) is 2.79. The Balaban J connectivity index is 2.13. The number of hydrogen-bond donors (Lipinski definition) is 3. The fourth-order valence-electron chi connectivity index (χ4n) is 2.53. The summed E-state index contributed by atoms with van der Waals surface area (Å²) in [5.41, 5.74) is 7.58. The molecule has 2 aromatic rings. The molecule has 0 heterocycles. The molecule has 0 radical (unpaired) electrons. The highest BCUT2D eigenvalue weighted by Crippen LogP contribution is 2.28. The summed E-state index contributed by atoms with van der Waals surface area (Å²) in [6, 6.07) is 11.2. The number of halogens is 1. The van der Waals surface area contributed by atoms with E-state index in [1.807, 2.05) is 31.2 Å². The Labute approximate surface area is 151 Å². The first-order chi connectivity index (χ1) is 11.9. The van der Waals surface area contributed by atoms with Gasteiger partial charge in [0, 0.05) is 5.69 Å². The van der Waals surface area contributed by atoms with Crippen molar-refractivity contribution < 1.29 is 14.3 Å². The third kappa shape index (κ3) is 5.12. The van der Waals surface area contributed by atoms with Crippen LogP contribution in [0.15, 0.2) is 42.5 Å². The Bertz CT molecular complexity index is 780. The lowest BCUT2D eigenvalue weighted by molar-refractivity contribution is -0.116. The summed E-state index contributed by atoms with van der Waals surface area (Å²) in [4.78, 5) is 23.7. The molecule has 0 aliphatic heterocycles. The molecule has 0 saturated heterocycles. The number of methoxy groups -OCH3 is 1. The predicted octanol–water partition coefficient (Wildman–Crippen LogP) is 3.40. The minimum atomic E-state index is -0.687. The number of carbonyl (C=O) groups excluding carboxylic acids is 2. The topological polar surface area (TPSA) is 93.4 Å². The molecule has 0 bridgehead atoms. The summed E-state index contributed by atoms with van der Waals surface area (Å²) in [7, 11) is 1.52. The molecule has 2 rings (SSSR count). The normalized spacial score (nSPS) is 11.5. The minimum Gasteiger partial charge on any atom is -0.495 e. The van der Waals surface area contributed by atoms with Crippen LogP contribution in [0, 0.1) is 6.92 Å². The van der Waals surface area contributed by atoms with Crippen LogP contribution in [0.2, 0.25) is 5.02 Å². The first-order valence-electron chi connectivity index (χ1n) is 7.65. The van der Waals surface area contributed by atoms with E-state index in [0.717, 1.165) is 11.1 Å². The van der Waals surface area contributed by atoms with Gasteiger partial charge in [-0.2, -0.15) is 0 Å². The Kier molecular flexibility index (Phi) is 6.25. The van der Waals surface area contributed by atoms with Crippen molar-refractivity contribution in [1.29, 1.82) is 0 Å². The van der Waals surface area contributed by atoms with E-state index >= 15 is 0 Å². The average Bonchev–Trinajstić information content (AvgIpc) is 2.54. The van der Waals surface area contributed by atoms with Gasteiger partial charge >= 0.3 is 6.03 Å². The molecule has 7 heteroatoms. The molecule has 1 atom stereocenters. The summed E-state index contributed by atoms with van der Waals surface area (Å²) >= 11 is 6.05. The van der Waals surface area contributed by atoms with Crippen LogP contribution in [0.25, 0.3) is 0 Å². The Morgan fingerprint density at radius 3 is 2.56 bits per heavy atom. The van der Waals surface area contributed by atoms with E-state index in [0.29, 0.717) is 16.5 Å². The number of hydrogen-bond acceptors (Lipinski definition) is 3. The van der Waals surface area contributed by atoms with E-state index in [2.05, 4.69) is 10.6 Å².